The predicted octanol–water partition coefficient (Wildman–Crippen LogP) is 2.54. The molecule has 1 aliphatic rings. The predicted molar refractivity (Wildman–Crippen MR) is 81.8 cm³/mol. The molecule has 0 N–H and O–H groups in total. The minimum absolute atomic E-state index is 0.0158. The van der Waals surface area contributed by atoms with Crippen molar-refractivity contribution in [1.82, 2.24) is 0 Å². The zero-order valence-electron chi connectivity index (χ0n) is 12.0. The summed E-state index contributed by atoms with van der Waals surface area (Å²) >= 11 is 0. The summed E-state index contributed by atoms with van der Waals surface area (Å²) in [7, 11) is 1.95. The molecule has 2 rings (SSSR count). The van der Waals surface area contributed by atoms with E-state index in [1.165, 1.54) is 12.2 Å². The fourth-order valence-corrected chi connectivity index (χ4v) is 2.50. The van der Waals surface area contributed by atoms with Gasteiger partial charge < -0.3 is 4.90 Å². The van der Waals surface area contributed by atoms with E-state index in [1.807, 2.05) is 37.4 Å². The Kier molecular flexibility index (Phi) is 4.24. The van der Waals surface area contributed by atoms with Gasteiger partial charge in [0.1, 0.15) is 35.4 Å². The smallest absolute Gasteiger partial charge is 0.130 e. The summed E-state index contributed by atoms with van der Waals surface area (Å²) in [6.45, 7) is 0.848. The summed E-state index contributed by atoms with van der Waals surface area (Å²) in [6, 6.07) is 11.1. The van der Waals surface area contributed by atoms with Crippen LogP contribution >= 0.6 is 0 Å². The number of likely N-dealkylation sites (N-methyl/N-ethyl adjacent to an activating group) is 1. The Balaban J connectivity index is 2.66. The topological polar surface area (TPSA) is 98.4 Å². The number of fused-ring (bicyclic) bond motifs is 1. The van der Waals surface area contributed by atoms with Gasteiger partial charge >= 0.3 is 0 Å². The molecule has 0 atom stereocenters. The average Bonchev–Trinajstić information content (AvgIpc) is 2.91. The molecular weight excluding hydrogens is 274 g/mol. The molecule has 1 heterocycles. The number of nitriles is 4. The molecule has 5 heteroatoms. The summed E-state index contributed by atoms with van der Waals surface area (Å²) in [4.78, 5) is 2.07. The Labute approximate surface area is 128 Å². The van der Waals surface area contributed by atoms with E-state index in [9.17, 15) is 0 Å². The van der Waals surface area contributed by atoms with Crippen LogP contribution in [0.5, 0.6) is 0 Å². The lowest BCUT2D eigenvalue weighted by atomic mass is 10.00. The van der Waals surface area contributed by atoms with Crippen LogP contribution in [0.15, 0.2) is 23.3 Å². The maximum atomic E-state index is 8.94. The fourth-order valence-electron chi connectivity index (χ4n) is 2.50. The van der Waals surface area contributed by atoms with Gasteiger partial charge in [0.15, 0.2) is 0 Å². The van der Waals surface area contributed by atoms with Gasteiger partial charge in [-0.3, -0.25) is 0 Å². The number of hydrogen-bond acceptors (Lipinski definition) is 5. The first-order chi connectivity index (χ1) is 10.6. The third-order valence-corrected chi connectivity index (χ3v) is 3.43. The number of rotatable bonds is 2. The SMILES string of the molecule is CN1CCc2cc(C=C(C#N)C#N)cc(C=C(C#N)C#N)c21. The molecule has 0 aliphatic carbocycles. The van der Waals surface area contributed by atoms with Crippen molar-refractivity contribution in [2.45, 2.75) is 6.42 Å². The normalized spacial score (nSPS) is 11.2. The van der Waals surface area contributed by atoms with Crippen molar-refractivity contribution in [3.63, 3.8) is 0 Å². The first-order valence-electron chi connectivity index (χ1n) is 6.54. The number of anilines is 1. The van der Waals surface area contributed by atoms with Gasteiger partial charge in [0.05, 0.1) is 0 Å². The van der Waals surface area contributed by atoms with Crippen LogP contribution in [0, 0.1) is 45.3 Å². The molecular formula is C17H11N5. The molecule has 5 nitrogen and oxygen atoms in total. The molecule has 1 aromatic rings. The summed E-state index contributed by atoms with van der Waals surface area (Å²) < 4.78 is 0. The van der Waals surface area contributed by atoms with E-state index in [0.29, 0.717) is 5.56 Å². The van der Waals surface area contributed by atoms with Crippen LogP contribution in [0.25, 0.3) is 12.2 Å². The van der Waals surface area contributed by atoms with Gasteiger partial charge in [0.2, 0.25) is 0 Å². The third kappa shape index (κ3) is 2.80. The van der Waals surface area contributed by atoms with Crippen molar-refractivity contribution in [2.75, 3.05) is 18.5 Å². The molecule has 22 heavy (non-hydrogen) atoms. The van der Waals surface area contributed by atoms with E-state index in [4.69, 9.17) is 21.0 Å². The lowest BCUT2D eigenvalue weighted by Crippen LogP contribution is -2.13. The lowest BCUT2D eigenvalue weighted by molar-refractivity contribution is 0.955. The van der Waals surface area contributed by atoms with Crippen LogP contribution in [0.2, 0.25) is 0 Å². The highest BCUT2D eigenvalue weighted by atomic mass is 15.1. The summed E-state index contributed by atoms with van der Waals surface area (Å²) in [6.07, 6.45) is 3.89. The standard InChI is InChI=1S/C17H11N5/c1-22-3-2-15-5-12(4-13(8-18)9-19)6-16(17(15)22)7-14(10-20)11-21/h4-7H,2-3H2,1H3. The third-order valence-electron chi connectivity index (χ3n) is 3.43. The van der Waals surface area contributed by atoms with E-state index >= 15 is 0 Å². The van der Waals surface area contributed by atoms with Crippen molar-refractivity contribution >= 4 is 17.8 Å². The Bertz CT molecular complexity index is 815. The van der Waals surface area contributed by atoms with E-state index in [2.05, 4.69) is 4.90 Å². The van der Waals surface area contributed by atoms with Gasteiger partial charge in [0.25, 0.3) is 0 Å². The second-order valence-corrected chi connectivity index (χ2v) is 4.85. The van der Waals surface area contributed by atoms with E-state index in [-0.39, 0.29) is 11.1 Å². The van der Waals surface area contributed by atoms with Crippen molar-refractivity contribution < 1.29 is 0 Å². The number of nitrogens with zero attached hydrogens (tertiary/aromatic N) is 5. The highest BCUT2D eigenvalue weighted by Crippen LogP contribution is 2.34. The van der Waals surface area contributed by atoms with Crippen LogP contribution in [-0.4, -0.2) is 13.6 Å². The van der Waals surface area contributed by atoms with E-state index in [1.54, 1.807) is 6.07 Å². The van der Waals surface area contributed by atoms with Crippen molar-refractivity contribution in [2.24, 2.45) is 0 Å². The number of allylic oxidation sites excluding steroid dienone is 2. The molecule has 0 saturated carbocycles. The van der Waals surface area contributed by atoms with E-state index in [0.717, 1.165) is 29.8 Å². The molecule has 1 aliphatic heterocycles. The highest BCUT2D eigenvalue weighted by Gasteiger charge is 2.19. The van der Waals surface area contributed by atoms with Crippen LogP contribution in [0.4, 0.5) is 5.69 Å². The largest absolute Gasteiger partial charge is 0.374 e. The van der Waals surface area contributed by atoms with Gasteiger partial charge in [0, 0.05) is 24.8 Å². The van der Waals surface area contributed by atoms with Gasteiger partial charge in [-0.25, -0.2) is 0 Å². The second kappa shape index (κ2) is 6.27. The molecule has 0 amide bonds. The van der Waals surface area contributed by atoms with Crippen LogP contribution in [0.1, 0.15) is 16.7 Å². The zero-order chi connectivity index (χ0) is 16.1. The molecule has 0 fully saturated rings. The monoisotopic (exact) mass is 285 g/mol. The first kappa shape index (κ1) is 14.9. The molecule has 0 unspecified atom stereocenters. The van der Waals surface area contributed by atoms with Crippen LogP contribution < -0.4 is 4.90 Å². The molecule has 104 valence electrons. The van der Waals surface area contributed by atoms with Crippen molar-refractivity contribution in [3.05, 3.63) is 40.0 Å². The van der Waals surface area contributed by atoms with E-state index < -0.39 is 0 Å². The van der Waals surface area contributed by atoms with Gasteiger partial charge in [-0.2, -0.15) is 21.0 Å². The van der Waals surface area contributed by atoms with Gasteiger partial charge in [-0.05, 0) is 41.8 Å². The highest BCUT2D eigenvalue weighted by molar-refractivity contribution is 5.80. The summed E-state index contributed by atoms with van der Waals surface area (Å²) in [5.41, 5.74) is 3.56. The molecule has 0 saturated heterocycles. The quantitative estimate of drug-likeness (QED) is 0.777. The average molecular weight is 285 g/mol. The maximum Gasteiger partial charge on any atom is 0.130 e. The van der Waals surface area contributed by atoms with Gasteiger partial charge in [-0.15, -0.1) is 0 Å². The Morgan fingerprint density at radius 3 is 2.18 bits per heavy atom. The lowest BCUT2D eigenvalue weighted by Gasteiger charge is -2.15. The Hall–Kier alpha value is -3.54. The summed E-state index contributed by atoms with van der Waals surface area (Å²) in [5, 5.41) is 35.6. The summed E-state index contributed by atoms with van der Waals surface area (Å²) in [5.74, 6) is 0. The molecule has 0 radical (unpaired) electrons. The maximum absolute atomic E-state index is 8.94. The minimum Gasteiger partial charge on any atom is -0.374 e. The first-order valence-corrected chi connectivity index (χ1v) is 6.54. The second-order valence-electron chi connectivity index (χ2n) is 4.85. The van der Waals surface area contributed by atoms with Gasteiger partial charge in [-0.1, -0.05) is 0 Å². The Morgan fingerprint density at radius 2 is 1.59 bits per heavy atom. The zero-order valence-corrected chi connectivity index (χ0v) is 12.0. The van der Waals surface area contributed by atoms with Crippen LogP contribution in [0.3, 0.4) is 0 Å². The number of hydrogen-bond donors (Lipinski definition) is 0. The minimum atomic E-state index is 0.0158. The molecule has 1 aromatic carbocycles. The molecule has 0 bridgehead atoms. The molecule has 0 spiro atoms. The fraction of sp³-hybridized carbons (Fsp3) is 0.176. The van der Waals surface area contributed by atoms with Crippen molar-refractivity contribution in [1.29, 1.82) is 21.0 Å². The molecule has 0 aromatic heterocycles. The number of benzene rings is 1. The Morgan fingerprint density at radius 1 is 1.00 bits per heavy atom. The van der Waals surface area contributed by atoms with Crippen molar-refractivity contribution in [3.8, 4) is 24.3 Å². The van der Waals surface area contributed by atoms with Crippen LogP contribution in [-0.2, 0) is 6.42 Å².